The normalized spacial score (nSPS) is 39.7. The summed E-state index contributed by atoms with van der Waals surface area (Å²) in [6.07, 6.45) is 25.4. The molecule has 5 heteroatoms. The standard InChI is InChI=1S/C42H76N4O/c1-8-13-40(46(34-14-11-10-12-15-34)27-26-45-24-22-44(7)23-25-45)43-33-18-21-42(6)32(28-33)16-17-36-37(42)19-20-41(5)30-35(29-38(36)41)47-39(9-2)31(3)4/h13,31-39,43H,8-12,14-30H2,1-7H3/b40-13-/t32?,33-,35?,36?,37?,38?,39?,41?,42?/m1/s1. The van der Waals surface area contributed by atoms with E-state index in [9.17, 15) is 0 Å². The van der Waals surface area contributed by atoms with Crippen LogP contribution in [-0.4, -0.2) is 85.3 Å². The molecule has 5 aliphatic carbocycles. The fraction of sp³-hybridized carbons (Fsp3) is 0.952. The molecule has 0 bridgehead atoms. The third-order valence-corrected chi connectivity index (χ3v) is 15.2. The highest BCUT2D eigenvalue weighted by Crippen LogP contribution is 2.66. The van der Waals surface area contributed by atoms with E-state index in [-0.39, 0.29) is 0 Å². The number of fused-ring (bicyclic) bond motifs is 5. The van der Waals surface area contributed by atoms with Crippen molar-refractivity contribution >= 4 is 0 Å². The zero-order chi connectivity index (χ0) is 33.2. The van der Waals surface area contributed by atoms with Crippen molar-refractivity contribution in [1.29, 1.82) is 0 Å². The first kappa shape index (κ1) is 36.0. The zero-order valence-electron chi connectivity index (χ0n) is 32.1. The summed E-state index contributed by atoms with van der Waals surface area (Å²) in [5, 5.41) is 4.30. The number of nitrogens with zero attached hydrogens (tertiary/aromatic N) is 3. The molecule has 1 N–H and O–H groups in total. The summed E-state index contributed by atoms with van der Waals surface area (Å²) in [6.45, 7) is 22.1. The third kappa shape index (κ3) is 7.93. The van der Waals surface area contributed by atoms with E-state index in [0.717, 1.165) is 42.6 Å². The second-order valence-electron chi connectivity index (χ2n) is 18.5. The van der Waals surface area contributed by atoms with E-state index in [4.69, 9.17) is 4.74 Å². The van der Waals surface area contributed by atoms with Crippen LogP contribution in [0, 0.1) is 40.4 Å². The highest BCUT2D eigenvalue weighted by Gasteiger charge is 2.59. The number of ether oxygens (including phenoxy) is 1. The van der Waals surface area contributed by atoms with Crippen molar-refractivity contribution in [3.8, 4) is 0 Å². The summed E-state index contributed by atoms with van der Waals surface area (Å²) in [5.74, 6) is 5.74. The zero-order valence-corrected chi connectivity index (χ0v) is 32.1. The molecule has 0 radical (unpaired) electrons. The lowest BCUT2D eigenvalue weighted by molar-refractivity contribution is -0.107. The van der Waals surface area contributed by atoms with E-state index in [1.165, 1.54) is 135 Å². The van der Waals surface area contributed by atoms with Gasteiger partial charge in [-0.15, -0.1) is 0 Å². The van der Waals surface area contributed by atoms with Crippen LogP contribution in [0.25, 0.3) is 0 Å². The molecule has 1 heterocycles. The predicted octanol–water partition coefficient (Wildman–Crippen LogP) is 8.94. The first-order chi connectivity index (χ1) is 22.6. The van der Waals surface area contributed by atoms with E-state index in [1.807, 2.05) is 0 Å². The minimum Gasteiger partial charge on any atom is -0.375 e. The van der Waals surface area contributed by atoms with Gasteiger partial charge in [-0.05, 0) is 137 Å². The molecule has 0 aromatic heterocycles. The molecule has 8 unspecified atom stereocenters. The monoisotopic (exact) mass is 653 g/mol. The number of rotatable bonds is 12. The van der Waals surface area contributed by atoms with Crippen LogP contribution in [0.1, 0.15) is 144 Å². The lowest BCUT2D eigenvalue weighted by Gasteiger charge is -2.60. The molecule has 9 atom stereocenters. The van der Waals surface area contributed by atoms with Gasteiger partial charge in [0.2, 0.25) is 0 Å². The van der Waals surface area contributed by atoms with Gasteiger partial charge in [0.05, 0.1) is 18.0 Å². The Bertz CT molecular complexity index is 1020. The molecule has 5 saturated carbocycles. The van der Waals surface area contributed by atoms with Gasteiger partial charge in [0.1, 0.15) is 0 Å². The van der Waals surface area contributed by atoms with Crippen LogP contribution < -0.4 is 5.32 Å². The van der Waals surface area contributed by atoms with Crippen LogP contribution in [0.15, 0.2) is 11.9 Å². The molecule has 6 rings (SSSR count). The molecular weight excluding hydrogens is 576 g/mol. The lowest BCUT2D eigenvalue weighted by atomic mass is 9.45. The Kier molecular flexibility index (Phi) is 12.0. The molecule has 5 nitrogen and oxygen atoms in total. The average molecular weight is 653 g/mol. The lowest BCUT2D eigenvalue weighted by Crippen LogP contribution is -2.55. The van der Waals surface area contributed by atoms with Gasteiger partial charge in [-0.2, -0.15) is 0 Å². The molecule has 0 amide bonds. The summed E-state index contributed by atoms with van der Waals surface area (Å²) in [5.41, 5.74) is 1.04. The van der Waals surface area contributed by atoms with Gasteiger partial charge in [0.15, 0.2) is 0 Å². The molecule has 0 aromatic rings. The Hall–Kier alpha value is -0.780. The van der Waals surface area contributed by atoms with Gasteiger partial charge < -0.3 is 19.9 Å². The van der Waals surface area contributed by atoms with Gasteiger partial charge in [0.25, 0.3) is 0 Å². The average Bonchev–Trinajstić information content (AvgIpc) is 3.41. The van der Waals surface area contributed by atoms with Crippen LogP contribution >= 0.6 is 0 Å². The van der Waals surface area contributed by atoms with Gasteiger partial charge in [-0.3, -0.25) is 4.90 Å². The summed E-state index contributed by atoms with van der Waals surface area (Å²) in [7, 11) is 2.28. The predicted molar refractivity (Wildman–Crippen MR) is 198 cm³/mol. The molecule has 6 aliphatic rings. The highest BCUT2D eigenvalue weighted by molar-refractivity contribution is 5.11. The van der Waals surface area contributed by atoms with Crippen LogP contribution in [0.3, 0.4) is 0 Å². The topological polar surface area (TPSA) is 31.0 Å². The Morgan fingerprint density at radius 2 is 1.68 bits per heavy atom. The summed E-state index contributed by atoms with van der Waals surface area (Å²) >= 11 is 0. The van der Waals surface area contributed by atoms with Gasteiger partial charge in [-0.25, -0.2) is 0 Å². The SMILES string of the molecule is CC/C=C(/N[C@@H]1CCC2(C)C(CCC3C4CC(OC(CC)C(C)C)CC4(C)CCC32)C1)N(CCN1CCN(C)CC1)C1CCCCC1. The highest BCUT2D eigenvalue weighted by atomic mass is 16.5. The largest absolute Gasteiger partial charge is 0.375 e. The molecule has 1 saturated heterocycles. The third-order valence-electron chi connectivity index (χ3n) is 15.2. The molecule has 47 heavy (non-hydrogen) atoms. The second kappa shape index (κ2) is 15.6. The van der Waals surface area contributed by atoms with Crippen molar-refractivity contribution in [1.82, 2.24) is 20.0 Å². The van der Waals surface area contributed by atoms with Crippen molar-refractivity contribution in [2.75, 3.05) is 46.3 Å². The van der Waals surface area contributed by atoms with Crippen LogP contribution in [0.5, 0.6) is 0 Å². The number of piperazine rings is 1. The number of hydrogen-bond acceptors (Lipinski definition) is 5. The van der Waals surface area contributed by atoms with E-state index in [0.29, 0.717) is 35.0 Å². The Labute approximate surface area is 291 Å². The minimum atomic E-state index is 0.433. The summed E-state index contributed by atoms with van der Waals surface area (Å²) in [4.78, 5) is 8.09. The van der Waals surface area contributed by atoms with E-state index < -0.39 is 0 Å². The van der Waals surface area contributed by atoms with Crippen molar-refractivity contribution in [2.45, 2.75) is 169 Å². The Balaban J connectivity index is 1.10. The summed E-state index contributed by atoms with van der Waals surface area (Å²) < 4.78 is 6.86. The number of likely N-dealkylation sites (N-methyl/N-ethyl adjacent to an activating group) is 1. The van der Waals surface area contributed by atoms with Crippen LogP contribution in [-0.2, 0) is 4.74 Å². The van der Waals surface area contributed by atoms with Crippen LogP contribution in [0.4, 0.5) is 0 Å². The molecule has 1 aliphatic heterocycles. The maximum atomic E-state index is 6.86. The van der Waals surface area contributed by atoms with Crippen molar-refractivity contribution in [3.63, 3.8) is 0 Å². The molecule has 6 fully saturated rings. The van der Waals surface area contributed by atoms with Crippen molar-refractivity contribution < 1.29 is 4.74 Å². The van der Waals surface area contributed by atoms with Crippen molar-refractivity contribution in [2.24, 2.45) is 40.4 Å². The van der Waals surface area contributed by atoms with E-state index in [2.05, 4.69) is 74.7 Å². The minimum absolute atomic E-state index is 0.433. The molecule has 270 valence electrons. The smallest absolute Gasteiger partial charge is 0.0976 e. The fourth-order valence-corrected chi connectivity index (χ4v) is 12.3. The number of nitrogens with one attached hydrogen (secondary N) is 1. The maximum Gasteiger partial charge on any atom is 0.0976 e. The van der Waals surface area contributed by atoms with Gasteiger partial charge >= 0.3 is 0 Å². The molecule has 0 aromatic carbocycles. The first-order valence-corrected chi connectivity index (χ1v) is 20.9. The second-order valence-corrected chi connectivity index (χ2v) is 18.5. The van der Waals surface area contributed by atoms with Gasteiger partial charge in [0, 0.05) is 51.4 Å². The Morgan fingerprint density at radius 3 is 2.38 bits per heavy atom. The van der Waals surface area contributed by atoms with Gasteiger partial charge in [-0.1, -0.05) is 60.8 Å². The van der Waals surface area contributed by atoms with Crippen LogP contribution in [0.2, 0.25) is 0 Å². The summed E-state index contributed by atoms with van der Waals surface area (Å²) in [6, 6.07) is 1.35. The first-order valence-electron chi connectivity index (χ1n) is 20.9. The van der Waals surface area contributed by atoms with Crippen molar-refractivity contribution in [3.05, 3.63) is 11.9 Å². The fourth-order valence-electron chi connectivity index (χ4n) is 12.3. The molecule has 0 spiro atoms. The van der Waals surface area contributed by atoms with E-state index in [1.54, 1.807) is 0 Å². The Morgan fingerprint density at radius 1 is 0.915 bits per heavy atom. The molecular formula is C42H76N4O. The number of allylic oxidation sites excluding steroid dienone is 1. The quantitative estimate of drug-likeness (QED) is 0.228. The van der Waals surface area contributed by atoms with E-state index >= 15 is 0 Å². The number of hydrogen-bond donors (Lipinski definition) is 1. The maximum absolute atomic E-state index is 6.86.